The molecule has 1 aromatic carbocycles. The Morgan fingerprint density at radius 1 is 1.11 bits per heavy atom. The van der Waals surface area contributed by atoms with Gasteiger partial charge in [-0.25, -0.2) is 8.42 Å². The Kier molecular flexibility index (Phi) is 4.22. The van der Waals surface area contributed by atoms with Crippen LogP contribution in [0.4, 0.5) is 0 Å². The van der Waals surface area contributed by atoms with Crippen LogP contribution in [0.1, 0.15) is 23.2 Å². The molecule has 5 heteroatoms. The maximum Gasteiger partial charge on any atom is 0.236 e. The monoisotopic (exact) mass is 296 g/mol. The molecule has 100 valence electrons. The summed E-state index contributed by atoms with van der Waals surface area (Å²) in [5, 5.41) is 0. The smallest absolute Gasteiger partial charge is 0.236 e. The van der Waals surface area contributed by atoms with Gasteiger partial charge in [0.1, 0.15) is 0 Å². The number of carbonyl (C=O) groups excluding carboxylic acids is 1. The second kappa shape index (κ2) is 5.72. The molecule has 0 fully saturated rings. The van der Waals surface area contributed by atoms with Crippen LogP contribution in [0.2, 0.25) is 0 Å². The highest BCUT2D eigenvalue weighted by Crippen LogP contribution is 2.24. The van der Waals surface area contributed by atoms with Crippen molar-refractivity contribution in [2.45, 2.75) is 12.8 Å². The molecule has 0 aromatic heterocycles. The van der Waals surface area contributed by atoms with E-state index in [1.807, 2.05) is 6.07 Å². The van der Waals surface area contributed by atoms with E-state index in [4.69, 9.17) is 10.7 Å². The quantitative estimate of drug-likeness (QED) is 0.634. The number of allylic oxidation sites excluding steroid dienone is 3. The van der Waals surface area contributed by atoms with Gasteiger partial charge in [-0.15, -0.1) is 0 Å². The zero-order valence-electron chi connectivity index (χ0n) is 10.2. The van der Waals surface area contributed by atoms with Gasteiger partial charge in [0.05, 0.1) is 5.75 Å². The maximum absolute atomic E-state index is 12.3. The highest BCUT2D eigenvalue weighted by Gasteiger charge is 2.21. The second-order valence-electron chi connectivity index (χ2n) is 4.30. The molecule has 0 aliphatic heterocycles. The van der Waals surface area contributed by atoms with Crippen LogP contribution in [-0.4, -0.2) is 20.0 Å². The van der Waals surface area contributed by atoms with E-state index in [0.29, 0.717) is 16.7 Å². The average Bonchev–Trinajstić information content (AvgIpc) is 2.38. The highest BCUT2D eigenvalue weighted by atomic mass is 35.7. The van der Waals surface area contributed by atoms with Gasteiger partial charge in [0.2, 0.25) is 9.05 Å². The Bertz CT molecular complexity index is 643. The standard InChI is InChI=1S/C14H13ClO3S/c15-19(17,18)10-12-8-4-5-9-13(12)14(16)11-6-2-1-3-7-11/h1-3,6-9H,4-5,10H2. The summed E-state index contributed by atoms with van der Waals surface area (Å²) in [4.78, 5) is 12.3. The Balaban J connectivity index is 2.30. The fraction of sp³-hybridized carbons (Fsp3) is 0.214. The zero-order chi connectivity index (χ0) is 13.9. The van der Waals surface area contributed by atoms with Crippen molar-refractivity contribution in [3.05, 3.63) is 59.2 Å². The van der Waals surface area contributed by atoms with Gasteiger partial charge in [-0.05, 0) is 18.4 Å². The van der Waals surface area contributed by atoms with Gasteiger partial charge in [0.25, 0.3) is 0 Å². The lowest BCUT2D eigenvalue weighted by atomic mass is 9.92. The molecule has 0 saturated carbocycles. The van der Waals surface area contributed by atoms with Crippen LogP contribution >= 0.6 is 10.7 Å². The van der Waals surface area contributed by atoms with E-state index in [1.165, 1.54) is 0 Å². The molecule has 1 aliphatic carbocycles. The number of hydrogen-bond acceptors (Lipinski definition) is 3. The number of benzene rings is 1. The van der Waals surface area contributed by atoms with E-state index < -0.39 is 9.05 Å². The first kappa shape index (κ1) is 14.0. The first-order valence-electron chi connectivity index (χ1n) is 5.89. The normalized spacial score (nSPS) is 15.6. The minimum Gasteiger partial charge on any atom is -0.289 e. The summed E-state index contributed by atoms with van der Waals surface area (Å²) in [7, 11) is 1.61. The van der Waals surface area contributed by atoms with Crippen molar-refractivity contribution < 1.29 is 13.2 Å². The number of ketones is 1. The number of rotatable bonds is 4. The fourth-order valence-electron chi connectivity index (χ4n) is 2.03. The molecule has 0 saturated heterocycles. The Morgan fingerprint density at radius 3 is 2.37 bits per heavy atom. The van der Waals surface area contributed by atoms with Crippen molar-refractivity contribution >= 4 is 25.5 Å². The lowest BCUT2D eigenvalue weighted by Crippen LogP contribution is -2.13. The lowest BCUT2D eigenvalue weighted by molar-refractivity contribution is 0.103. The predicted octanol–water partition coefficient (Wildman–Crippen LogP) is 3.08. The van der Waals surface area contributed by atoms with Gasteiger partial charge in [0, 0.05) is 21.8 Å². The van der Waals surface area contributed by atoms with Crippen molar-refractivity contribution in [2.24, 2.45) is 0 Å². The van der Waals surface area contributed by atoms with Crippen LogP contribution in [-0.2, 0) is 9.05 Å². The Morgan fingerprint density at radius 2 is 1.74 bits per heavy atom. The molecule has 0 bridgehead atoms. The molecule has 0 heterocycles. The summed E-state index contributed by atoms with van der Waals surface area (Å²) in [6.45, 7) is 0. The molecule has 2 rings (SSSR count). The number of Topliss-reactive ketones (excluding diaryl/α,β-unsaturated/α-hetero) is 1. The topological polar surface area (TPSA) is 51.2 Å². The molecule has 1 aromatic rings. The SMILES string of the molecule is O=C(C1=CCCC=C1CS(=O)(=O)Cl)c1ccccc1. The average molecular weight is 297 g/mol. The third-order valence-corrected chi connectivity index (χ3v) is 3.84. The molecule has 0 spiro atoms. The number of carbonyl (C=O) groups is 1. The molecule has 0 radical (unpaired) electrons. The minimum absolute atomic E-state index is 0.160. The summed E-state index contributed by atoms with van der Waals surface area (Å²) < 4.78 is 22.4. The first-order valence-corrected chi connectivity index (χ1v) is 8.37. The van der Waals surface area contributed by atoms with Crippen molar-refractivity contribution in [1.29, 1.82) is 0 Å². The van der Waals surface area contributed by atoms with Gasteiger partial charge >= 0.3 is 0 Å². The van der Waals surface area contributed by atoms with Crippen LogP contribution in [0.3, 0.4) is 0 Å². The molecule has 0 N–H and O–H groups in total. The lowest BCUT2D eigenvalue weighted by Gasteiger charge is -2.14. The largest absolute Gasteiger partial charge is 0.289 e. The molecule has 0 amide bonds. The highest BCUT2D eigenvalue weighted by molar-refractivity contribution is 8.13. The van der Waals surface area contributed by atoms with E-state index in [0.717, 1.165) is 12.8 Å². The van der Waals surface area contributed by atoms with Crippen LogP contribution < -0.4 is 0 Å². The minimum atomic E-state index is -3.66. The third kappa shape index (κ3) is 3.78. The summed E-state index contributed by atoms with van der Waals surface area (Å²) >= 11 is 0. The molecule has 19 heavy (non-hydrogen) atoms. The second-order valence-corrected chi connectivity index (χ2v) is 7.08. The first-order chi connectivity index (χ1) is 8.97. The Labute approximate surface area is 117 Å². The van der Waals surface area contributed by atoms with Crippen molar-refractivity contribution in [1.82, 2.24) is 0 Å². The molecule has 1 aliphatic rings. The molecule has 0 atom stereocenters. The summed E-state index contributed by atoms with van der Waals surface area (Å²) in [5.74, 6) is -0.467. The predicted molar refractivity (Wildman–Crippen MR) is 75.8 cm³/mol. The van der Waals surface area contributed by atoms with Gasteiger partial charge in [-0.1, -0.05) is 42.5 Å². The van der Waals surface area contributed by atoms with Crippen LogP contribution in [0.25, 0.3) is 0 Å². The van der Waals surface area contributed by atoms with Gasteiger partial charge in [-0.2, -0.15) is 0 Å². The van der Waals surface area contributed by atoms with E-state index in [1.54, 1.807) is 36.4 Å². The van der Waals surface area contributed by atoms with E-state index in [9.17, 15) is 13.2 Å². The van der Waals surface area contributed by atoms with Crippen LogP contribution in [0.5, 0.6) is 0 Å². The van der Waals surface area contributed by atoms with Crippen LogP contribution in [0, 0.1) is 0 Å². The zero-order valence-corrected chi connectivity index (χ0v) is 11.7. The molecule has 0 unspecified atom stereocenters. The summed E-state index contributed by atoms with van der Waals surface area (Å²) in [6, 6.07) is 8.80. The van der Waals surface area contributed by atoms with Crippen molar-refractivity contribution in [3.63, 3.8) is 0 Å². The van der Waals surface area contributed by atoms with Crippen LogP contribution in [0.15, 0.2) is 53.6 Å². The molecular weight excluding hydrogens is 284 g/mol. The van der Waals surface area contributed by atoms with Gasteiger partial charge in [-0.3, -0.25) is 4.79 Å². The maximum atomic E-state index is 12.3. The molecular formula is C14H13ClO3S. The van der Waals surface area contributed by atoms with Gasteiger partial charge in [0.15, 0.2) is 5.78 Å². The third-order valence-electron chi connectivity index (χ3n) is 2.86. The van der Waals surface area contributed by atoms with Crippen molar-refractivity contribution in [2.75, 3.05) is 5.75 Å². The molecule has 3 nitrogen and oxygen atoms in total. The number of hydrogen-bond donors (Lipinski definition) is 0. The Hall–Kier alpha value is -1.39. The van der Waals surface area contributed by atoms with E-state index in [2.05, 4.69) is 0 Å². The summed E-state index contributed by atoms with van der Waals surface area (Å²) in [6.07, 6.45) is 5.02. The fourth-order valence-corrected chi connectivity index (χ4v) is 3.03. The van der Waals surface area contributed by atoms with E-state index >= 15 is 0 Å². The van der Waals surface area contributed by atoms with Crippen molar-refractivity contribution in [3.8, 4) is 0 Å². The van der Waals surface area contributed by atoms with Gasteiger partial charge < -0.3 is 0 Å². The van der Waals surface area contributed by atoms with E-state index in [-0.39, 0.29) is 11.5 Å². The number of halogens is 1. The summed E-state index contributed by atoms with van der Waals surface area (Å²) in [5.41, 5.74) is 1.49.